The Morgan fingerprint density at radius 1 is 1.08 bits per heavy atom. The molecule has 0 saturated heterocycles. The topological polar surface area (TPSA) is 72.2 Å². The quantitative estimate of drug-likeness (QED) is 0.859. The predicted octanol–water partition coefficient (Wildman–Crippen LogP) is 3.57. The summed E-state index contributed by atoms with van der Waals surface area (Å²) in [7, 11) is 0. The summed E-state index contributed by atoms with van der Waals surface area (Å²) < 4.78 is 0. The number of rotatable bonds is 5. The van der Waals surface area contributed by atoms with Crippen LogP contribution in [0.15, 0.2) is 48.5 Å². The van der Waals surface area contributed by atoms with E-state index in [9.17, 15) is 9.59 Å². The molecule has 1 fully saturated rings. The van der Waals surface area contributed by atoms with Gasteiger partial charge in [0, 0.05) is 17.1 Å². The van der Waals surface area contributed by atoms with E-state index < -0.39 is 11.3 Å². The Morgan fingerprint density at radius 2 is 1.76 bits per heavy atom. The third-order valence-corrected chi connectivity index (χ3v) is 5.21. The summed E-state index contributed by atoms with van der Waals surface area (Å²) in [5.74, 6) is -0.446. The second-order valence-corrected chi connectivity index (χ2v) is 6.98. The molecule has 0 aliphatic heterocycles. The lowest BCUT2D eigenvalue weighted by molar-refractivity contribution is -0.126. The first kappa shape index (κ1) is 17.5. The van der Waals surface area contributed by atoms with Gasteiger partial charge in [0.2, 0.25) is 11.8 Å². The minimum absolute atomic E-state index is 0.0248. The minimum atomic E-state index is -0.494. The third-order valence-electron chi connectivity index (χ3n) is 4.95. The Balaban J connectivity index is 1.77. The summed E-state index contributed by atoms with van der Waals surface area (Å²) in [6.07, 6.45) is 3.74. The Hall–Kier alpha value is -2.33. The average Bonchev–Trinajstić information content (AvgIpc) is 3.11. The minimum Gasteiger partial charge on any atom is -0.366 e. The molecule has 3 rings (SSSR count). The summed E-state index contributed by atoms with van der Waals surface area (Å²) in [5, 5.41) is 3.70. The van der Waals surface area contributed by atoms with Gasteiger partial charge >= 0.3 is 0 Å². The molecule has 2 amide bonds. The molecule has 25 heavy (non-hydrogen) atoms. The fourth-order valence-corrected chi connectivity index (χ4v) is 3.71. The molecule has 1 saturated carbocycles. The maximum Gasteiger partial charge on any atom is 0.248 e. The van der Waals surface area contributed by atoms with Gasteiger partial charge in [0.25, 0.3) is 0 Å². The van der Waals surface area contributed by atoms with E-state index >= 15 is 0 Å². The van der Waals surface area contributed by atoms with E-state index in [1.54, 1.807) is 18.2 Å². The zero-order valence-electron chi connectivity index (χ0n) is 13.9. The van der Waals surface area contributed by atoms with Crippen molar-refractivity contribution in [2.45, 2.75) is 37.6 Å². The molecule has 5 heteroatoms. The largest absolute Gasteiger partial charge is 0.366 e. The van der Waals surface area contributed by atoms with Gasteiger partial charge in [-0.1, -0.05) is 48.7 Å². The van der Waals surface area contributed by atoms with E-state index in [1.807, 2.05) is 30.3 Å². The van der Waals surface area contributed by atoms with Crippen molar-refractivity contribution in [1.29, 1.82) is 0 Å². The molecule has 0 heterocycles. The maximum absolute atomic E-state index is 13.0. The predicted molar refractivity (Wildman–Crippen MR) is 98.4 cm³/mol. The first-order valence-corrected chi connectivity index (χ1v) is 8.82. The fourth-order valence-electron chi connectivity index (χ4n) is 3.58. The van der Waals surface area contributed by atoms with Gasteiger partial charge in [-0.2, -0.15) is 0 Å². The van der Waals surface area contributed by atoms with Gasteiger partial charge < -0.3 is 11.1 Å². The molecule has 3 N–H and O–H groups in total. The zero-order valence-corrected chi connectivity index (χ0v) is 14.7. The summed E-state index contributed by atoms with van der Waals surface area (Å²) in [4.78, 5) is 24.3. The molecule has 0 unspecified atom stereocenters. The summed E-state index contributed by atoms with van der Waals surface area (Å²) >= 11 is 5.99. The van der Waals surface area contributed by atoms with Gasteiger partial charge in [-0.3, -0.25) is 9.59 Å². The Bertz CT molecular complexity index is 781. The highest BCUT2D eigenvalue weighted by Gasteiger charge is 2.42. The maximum atomic E-state index is 13.0. The number of hydrogen-bond donors (Lipinski definition) is 2. The van der Waals surface area contributed by atoms with Gasteiger partial charge in [0.15, 0.2) is 0 Å². The van der Waals surface area contributed by atoms with Crippen molar-refractivity contribution in [3.8, 4) is 0 Å². The normalized spacial score (nSPS) is 15.7. The van der Waals surface area contributed by atoms with Crippen LogP contribution in [0.2, 0.25) is 5.02 Å². The molecular formula is C20H21ClN2O2. The SMILES string of the molecule is NC(=O)c1cccc(CNC(=O)C2(c3ccc(Cl)cc3)CCCC2)c1. The third kappa shape index (κ3) is 3.69. The molecule has 2 aromatic carbocycles. The molecule has 4 nitrogen and oxygen atoms in total. The fraction of sp³-hybridized carbons (Fsp3) is 0.300. The van der Waals surface area contributed by atoms with Crippen LogP contribution in [0, 0.1) is 0 Å². The molecule has 0 bridgehead atoms. The van der Waals surface area contributed by atoms with Crippen LogP contribution >= 0.6 is 11.6 Å². The lowest BCUT2D eigenvalue weighted by Gasteiger charge is -2.28. The number of hydrogen-bond acceptors (Lipinski definition) is 2. The molecule has 1 aliphatic carbocycles. The summed E-state index contributed by atoms with van der Waals surface area (Å²) in [6, 6.07) is 14.6. The Morgan fingerprint density at radius 3 is 2.40 bits per heavy atom. The molecule has 1 aliphatic rings. The molecule has 0 aromatic heterocycles. The molecule has 130 valence electrons. The number of carbonyl (C=O) groups is 2. The number of primary amides is 1. The van der Waals surface area contributed by atoms with Crippen molar-refractivity contribution in [2.75, 3.05) is 0 Å². The smallest absolute Gasteiger partial charge is 0.248 e. The number of halogens is 1. The van der Waals surface area contributed by atoms with Crippen LogP contribution in [-0.2, 0) is 16.8 Å². The second-order valence-electron chi connectivity index (χ2n) is 6.54. The number of carbonyl (C=O) groups excluding carboxylic acids is 2. The molecule has 0 spiro atoms. The van der Waals surface area contributed by atoms with Gasteiger partial charge in [-0.15, -0.1) is 0 Å². The van der Waals surface area contributed by atoms with E-state index in [0.29, 0.717) is 17.1 Å². The van der Waals surface area contributed by atoms with Crippen molar-refractivity contribution in [2.24, 2.45) is 5.73 Å². The van der Waals surface area contributed by atoms with Crippen LogP contribution in [0.1, 0.15) is 47.2 Å². The van der Waals surface area contributed by atoms with Gasteiger partial charge in [-0.25, -0.2) is 0 Å². The number of benzene rings is 2. The first-order valence-electron chi connectivity index (χ1n) is 8.44. The number of nitrogens with one attached hydrogen (secondary N) is 1. The van der Waals surface area contributed by atoms with Crippen LogP contribution in [0.4, 0.5) is 0 Å². The van der Waals surface area contributed by atoms with Crippen LogP contribution in [0.25, 0.3) is 0 Å². The van der Waals surface area contributed by atoms with E-state index in [0.717, 1.165) is 36.8 Å². The van der Waals surface area contributed by atoms with Crippen LogP contribution in [0.3, 0.4) is 0 Å². The van der Waals surface area contributed by atoms with E-state index in [-0.39, 0.29) is 5.91 Å². The van der Waals surface area contributed by atoms with Gasteiger partial charge in [0.05, 0.1) is 5.41 Å². The average molecular weight is 357 g/mol. The second kappa shape index (κ2) is 7.28. The van der Waals surface area contributed by atoms with Gasteiger partial charge in [-0.05, 0) is 48.2 Å². The zero-order chi connectivity index (χ0) is 17.9. The van der Waals surface area contributed by atoms with Crippen LogP contribution < -0.4 is 11.1 Å². The summed E-state index contributed by atoms with van der Waals surface area (Å²) in [5.41, 5.74) is 7.13. The molecule has 2 aromatic rings. The number of nitrogens with two attached hydrogens (primary N) is 1. The number of amides is 2. The standard InChI is InChI=1S/C20H21ClN2O2/c21-17-8-6-16(7-9-17)20(10-1-2-11-20)19(25)23-13-14-4-3-5-15(12-14)18(22)24/h3-9,12H,1-2,10-11,13H2,(H2,22,24)(H,23,25). The van der Waals surface area contributed by atoms with Gasteiger partial charge in [0.1, 0.15) is 0 Å². The lowest BCUT2D eigenvalue weighted by Crippen LogP contribution is -2.42. The van der Waals surface area contributed by atoms with Crippen molar-refractivity contribution in [3.05, 3.63) is 70.2 Å². The highest BCUT2D eigenvalue weighted by atomic mass is 35.5. The lowest BCUT2D eigenvalue weighted by atomic mass is 9.78. The van der Waals surface area contributed by atoms with Crippen molar-refractivity contribution in [3.63, 3.8) is 0 Å². The van der Waals surface area contributed by atoms with E-state index in [4.69, 9.17) is 17.3 Å². The van der Waals surface area contributed by atoms with Crippen LogP contribution in [0.5, 0.6) is 0 Å². The molecule has 0 atom stereocenters. The Kier molecular flexibility index (Phi) is 5.09. The van der Waals surface area contributed by atoms with Crippen LogP contribution in [-0.4, -0.2) is 11.8 Å². The highest BCUT2D eigenvalue weighted by Crippen LogP contribution is 2.41. The molecule has 0 radical (unpaired) electrons. The summed E-state index contributed by atoms with van der Waals surface area (Å²) in [6.45, 7) is 0.370. The Labute approximate surface area is 152 Å². The van der Waals surface area contributed by atoms with Crippen molar-refractivity contribution in [1.82, 2.24) is 5.32 Å². The van der Waals surface area contributed by atoms with E-state index in [1.165, 1.54) is 0 Å². The monoisotopic (exact) mass is 356 g/mol. The molecular weight excluding hydrogens is 336 g/mol. The van der Waals surface area contributed by atoms with Crippen molar-refractivity contribution >= 4 is 23.4 Å². The first-order chi connectivity index (χ1) is 12.0. The van der Waals surface area contributed by atoms with Crippen molar-refractivity contribution < 1.29 is 9.59 Å². The highest BCUT2D eigenvalue weighted by molar-refractivity contribution is 6.30. The van der Waals surface area contributed by atoms with E-state index in [2.05, 4.69) is 5.32 Å².